The zero-order valence-corrected chi connectivity index (χ0v) is 16.1. The van der Waals surface area contributed by atoms with E-state index in [-0.39, 0.29) is 23.5 Å². The summed E-state index contributed by atoms with van der Waals surface area (Å²) in [7, 11) is 0. The minimum atomic E-state index is -3.24. The van der Waals surface area contributed by atoms with Crippen molar-refractivity contribution in [1.29, 1.82) is 5.26 Å². The fourth-order valence-corrected chi connectivity index (χ4v) is 2.87. The molecule has 32 heavy (non-hydrogen) atoms. The van der Waals surface area contributed by atoms with Crippen LogP contribution in [-0.4, -0.2) is 37.6 Å². The van der Waals surface area contributed by atoms with Gasteiger partial charge in [-0.3, -0.25) is 14.5 Å². The maximum Gasteiger partial charge on any atom is 0.414 e. The molecule has 1 atom stereocenters. The highest BCUT2D eigenvalue weighted by molar-refractivity contribution is 5.90. The summed E-state index contributed by atoms with van der Waals surface area (Å²) in [5, 5.41) is 13.2. The van der Waals surface area contributed by atoms with E-state index in [2.05, 4.69) is 5.32 Å². The molecule has 1 aliphatic rings. The first-order valence-corrected chi connectivity index (χ1v) is 9.04. The van der Waals surface area contributed by atoms with Gasteiger partial charge >= 0.3 is 12.5 Å². The van der Waals surface area contributed by atoms with Crippen LogP contribution in [0.5, 0.6) is 0 Å². The van der Waals surface area contributed by atoms with Crippen LogP contribution in [0.25, 0.3) is 0 Å². The molecule has 1 fully saturated rings. The van der Waals surface area contributed by atoms with Gasteiger partial charge in [0, 0.05) is 12.1 Å². The molecule has 0 saturated carbocycles. The third kappa shape index (κ3) is 4.94. The van der Waals surface area contributed by atoms with Crippen molar-refractivity contribution in [2.75, 3.05) is 23.3 Å². The summed E-state index contributed by atoms with van der Waals surface area (Å²) >= 11 is 0. The summed E-state index contributed by atoms with van der Waals surface area (Å²) in [5.41, 5.74) is -1.69. The first-order valence-electron chi connectivity index (χ1n) is 9.04. The third-order valence-corrected chi connectivity index (χ3v) is 4.39. The van der Waals surface area contributed by atoms with Crippen molar-refractivity contribution in [3.05, 3.63) is 63.8 Å². The minimum absolute atomic E-state index is 0.0804. The molecular formula is C20H14F4N4O4. The Morgan fingerprint density at radius 2 is 1.91 bits per heavy atom. The summed E-state index contributed by atoms with van der Waals surface area (Å²) in [6, 6.07) is 8.35. The van der Waals surface area contributed by atoms with Crippen molar-refractivity contribution in [2.24, 2.45) is 0 Å². The molecule has 1 heterocycles. The quantitative estimate of drug-likeness (QED) is 0.655. The van der Waals surface area contributed by atoms with Gasteiger partial charge < -0.3 is 15.4 Å². The lowest BCUT2D eigenvalue weighted by Gasteiger charge is -2.16. The zero-order valence-electron chi connectivity index (χ0n) is 16.1. The Labute approximate surface area is 178 Å². The molecule has 2 aromatic rings. The summed E-state index contributed by atoms with van der Waals surface area (Å²) in [6.45, 7) is -0.659. The van der Waals surface area contributed by atoms with Crippen molar-refractivity contribution >= 4 is 29.1 Å². The average Bonchev–Trinajstić information content (AvgIpc) is 3.02. The van der Waals surface area contributed by atoms with Crippen LogP contribution >= 0.6 is 0 Å². The molecule has 2 amide bonds. The van der Waals surface area contributed by atoms with Crippen molar-refractivity contribution in [3.8, 4) is 6.07 Å². The van der Waals surface area contributed by atoms with Crippen LogP contribution in [0.2, 0.25) is 0 Å². The fraction of sp³-hybridized carbons (Fsp3) is 0.200. The van der Waals surface area contributed by atoms with Crippen LogP contribution in [0, 0.1) is 23.0 Å². The molecule has 166 valence electrons. The van der Waals surface area contributed by atoms with Crippen LogP contribution in [-0.2, 0) is 9.53 Å². The normalized spacial score (nSPS) is 15.3. The Kier molecular flexibility index (Phi) is 6.58. The summed E-state index contributed by atoms with van der Waals surface area (Å²) in [4.78, 5) is 35.9. The van der Waals surface area contributed by atoms with Gasteiger partial charge in [-0.25, -0.2) is 13.6 Å². The monoisotopic (exact) mass is 450 g/mol. The van der Waals surface area contributed by atoms with E-state index in [9.17, 15) is 31.9 Å². The van der Waals surface area contributed by atoms with E-state index in [1.54, 1.807) is 0 Å². The highest BCUT2D eigenvalue weighted by atomic mass is 19.3. The number of cyclic esters (lactones) is 1. The number of nitriles is 1. The smallest absolute Gasteiger partial charge is 0.414 e. The average molecular weight is 450 g/mol. The highest BCUT2D eigenvalue weighted by Crippen LogP contribution is 2.30. The lowest BCUT2D eigenvalue weighted by Crippen LogP contribution is -2.37. The van der Waals surface area contributed by atoms with Crippen LogP contribution < -0.4 is 21.0 Å². The molecule has 2 aromatic carbocycles. The van der Waals surface area contributed by atoms with Gasteiger partial charge in [-0.2, -0.15) is 14.0 Å². The molecule has 3 rings (SSSR count). The Bertz CT molecular complexity index is 1150. The van der Waals surface area contributed by atoms with E-state index >= 15 is 0 Å². The predicted octanol–water partition coefficient (Wildman–Crippen LogP) is 2.65. The molecule has 0 unspecified atom stereocenters. The zero-order chi connectivity index (χ0) is 23.4. The predicted molar refractivity (Wildman–Crippen MR) is 104 cm³/mol. The van der Waals surface area contributed by atoms with Crippen molar-refractivity contribution < 1.29 is 31.9 Å². The molecule has 0 spiro atoms. The van der Waals surface area contributed by atoms with Crippen LogP contribution in [0.15, 0.2) is 41.2 Å². The molecule has 1 aliphatic heterocycles. The fourth-order valence-electron chi connectivity index (χ4n) is 2.87. The second-order valence-electron chi connectivity index (χ2n) is 6.59. The number of hydrogen-bond acceptors (Lipinski definition) is 6. The highest BCUT2D eigenvalue weighted by Gasteiger charge is 2.34. The van der Waals surface area contributed by atoms with Gasteiger partial charge in [0.25, 0.3) is 5.91 Å². The lowest BCUT2D eigenvalue weighted by molar-refractivity contribution is -0.132. The number of halogens is 4. The van der Waals surface area contributed by atoms with Crippen LogP contribution in [0.3, 0.4) is 0 Å². The van der Waals surface area contributed by atoms with Gasteiger partial charge in [-0.15, -0.1) is 0 Å². The molecular weight excluding hydrogens is 436 g/mol. The van der Waals surface area contributed by atoms with Crippen LogP contribution in [0.1, 0.15) is 5.56 Å². The molecule has 12 heteroatoms. The topological polar surface area (TPSA) is 112 Å². The number of rotatable bonds is 6. The number of hydrogen-bond donors (Lipinski definition) is 2. The SMILES string of the molecule is N#Cc1cccc(=O)c(Nc2c(F)cc(N3C[C@H](CNC(=O)C(F)F)OC3=O)cc2F)c1. The lowest BCUT2D eigenvalue weighted by atomic mass is 10.2. The number of benzene rings is 1. The molecule has 1 saturated heterocycles. The van der Waals surface area contributed by atoms with Gasteiger partial charge in [-0.05, 0) is 18.2 Å². The van der Waals surface area contributed by atoms with E-state index < -0.39 is 53.8 Å². The van der Waals surface area contributed by atoms with Crippen molar-refractivity contribution in [1.82, 2.24) is 5.32 Å². The first kappa shape index (κ1) is 22.5. The van der Waals surface area contributed by atoms with E-state index in [1.807, 2.05) is 11.4 Å². The van der Waals surface area contributed by atoms with E-state index in [0.29, 0.717) is 0 Å². The van der Waals surface area contributed by atoms with Crippen LogP contribution in [0.4, 0.5) is 39.4 Å². The Hall–Kier alpha value is -4.14. The molecule has 0 aliphatic carbocycles. The van der Waals surface area contributed by atoms with Crippen molar-refractivity contribution in [3.63, 3.8) is 0 Å². The minimum Gasteiger partial charge on any atom is -0.442 e. The number of ether oxygens (including phenoxy) is 1. The second-order valence-corrected chi connectivity index (χ2v) is 6.59. The van der Waals surface area contributed by atoms with Gasteiger partial charge in [0.05, 0.1) is 36.1 Å². The Morgan fingerprint density at radius 1 is 1.22 bits per heavy atom. The first-order chi connectivity index (χ1) is 15.2. The number of anilines is 3. The van der Waals surface area contributed by atoms with Gasteiger partial charge in [0.1, 0.15) is 11.8 Å². The summed E-state index contributed by atoms with van der Waals surface area (Å²) < 4.78 is 58.7. The largest absolute Gasteiger partial charge is 0.442 e. The van der Waals surface area contributed by atoms with E-state index in [4.69, 9.17) is 10.00 Å². The molecule has 0 aromatic heterocycles. The van der Waals surface area contributed by atoms with Gasteiger partial charge in [0.2, 0.25) is 5.43 Å². The van der Waals surface area contributed by atoms with E-state index in [1.165, 1.54) is 12.1 Å². The van der Waals surface area contributed by atoms with Crippen molar-refractivity contribution in [2.45, 2.75) is 12.5 Å². The number of carbonyl (C=O) groups is 2. The maximum atomic E-state index is 14.6. The molecule has 8 nitrogen and oxygen atoms in total. The number of carbonyl (C=O) groups excluding carboxylic acids is 2. The van der Waals surface area contributed by atoms with Gasteiger partial charge in [-0.1, -0.05) is 6.07 Å². The Morgan fingerprint density at radius 3 is 2.53 bits per heavy atom. The molecule has 0 bridgehead atoms. The standard InChI is InChI=1S/C20H14F4N4O4/c21-13-5-11(28-9-12(32-20(28)31)8-26-19(30)18(23)24)6-14(22)17(13)27-15-4-10(7-25)2-1-3-16(15)29/h1-6,12,18H,8-9H2,(H,26,30)(H,27,29)/t12-/m0/s1. The second kappa shape index (κ2) is 9.34. The summed E-state index contributed by atoms with van der Waals surface area (Å²) in [6.07, 6.45) is -5.24. The number of nitrogens with zero attached hydrogens (tertiary/aromatic N) is 2. The van der Waals surface area contributed by atoms with E-state index in [0.717, 1.165) is 29.2 Å². The number of nitrogens with one attached hydrogen (secondary N) is 2. The maximum absolute atomic E-state index is 14.6. The molecule has 0 radical (unpaired) electrons. The molecule has 2 N–H and O–H groups in total. The van der Waals surface area contributed by atoms with Gasteiger partial charge in [0.15, 0.2) is 11.6 Å². The summed E-state index contributed by atoms with van der Waals surface area (Å²) in [5.74, 6) is -3.84. The number of amides is 2. The third-order valence-electron chi connectivity index (χ3n) is 4.39. The number of alkyl halides is 2. The Balaban J connectivity index is 1.80.